The number of nitrogens with zero attached hydrogens (tertiary/aromatic N) is 4. The summed E-state index contributed by atoms with van der Waals surface area (Å²) >= 11 is 0. The van der Waals surface area contributed by atoms with E-state index in [0.717, 1.165) is 0 Å². The van der Waals surface area contributed by atoms with Crippen LogP contribution in [0.5, 0.6) is 0 Å². The van der Waals surface area contributed by atoms with Gasteiger partial charge in [-0.15, -0.1) is 0 Å². The van der Waals surface area contributed by atoms with Gasteiger partial charge in [0.15, 0.2) is 6.04 Å². The highest BCUT2D eigenvalue weighted by molar-refractivity contribution is 4.91. The SMILES string of the molecule is CC(C)(C)N=NC(C#N)CCC#N. The number of azo groups is 1. The number of rotatable bonds is 3. The molecule has 13 heavy (non-hydrogen) atoms. The summed E-state index contributed by atoms with van der Waals surface area (Å²) in [6.07, 6.45) is 0.813. The van der Waals surface area contributed by atoms with Crippen molar-refractivity contribution in [3.05, 3.63) is 0 Å². The molecule has 0 N–H and O–H groups in total. The second-order valence-corrected chi connectivity index (χ2v) is 3.73. The fourth-order valence-electron chi connectivity index (χ4n) is 0.592. The van der Waals surface area contributed by atoms with E-state index in [1.807, 2.05) is 32.9 Å². The Morgan fingerprint density at radius 3 is 2.31 bits per heavy atom. The van der Waals surface area contributed by atoms with Crippen LogP contribution in [-0.4, -0.2) is 11.6 Å². The number of hydrogen-bond acceptors (Lipinski definition) is 4. The van der Waals surface area contributed by atoms with E-state index >= 15 is 0 Å². The molecule has 70 valence electrons. The van der Waals surface area contributed by atoms with Crippen molar-refractivity contribution in [3.63, 3.8) is 0 Å². The molecule has 0 rings (SSSR count). The third kappa shape index (κ3) is 6.96. The lowest BCUT2D eigenvalue weighted by molar-refractivity contribution is 0.521. The standard InChI is InChI=1S/C9H14N4/c1-9(2,3)13-12-8(7-11)5-4-6-10/h8H,4-5H2,1-3H3. The van der Waals surface area contributed by atoms with Gasteiger partial charge < -0.3 is 0 Å². The fourth-order valence-corrected chi connectivity index (χ4v) is 0.592. The molecule has 1 atom stereocenters. The first-order valence-electron chi connectivity index (χ1n) is 4.18. The summed E-state index contributed by atoms with van der Waals surface area (Å²) in [5.41, 5.74) is -0.248. The molecule has 0 aromatic carbocycles. The van der Waals surface area contributed by atoms with E-state index in [2.05, 4.69) is 10.2 Å². The van der Waals surface area contributed by atoms with Crippen LogP contribution in [0.25, 0.3) is 0 Å². The van der Waals surface area contributed by atoms with Gasteiger partial charge in [0.2, 0.25) is 0 Å². The van der Waals surface area contributed by atoms with Crippen LogP contribution in [0.4, 0.5) is 0 Å². The van der Waals surface area contributed by atoms with Gasteiger partial charge in [0, 0.05) is 6.42 Å². The van der Waals surface area contributed by atoms with E-state index in [-0.39, 0.29) is 5.54 Å². The van der Waals surface area contributed by atoms with Crippen LogP contribution in [0.3, 0.4) is 0 Å². The lowest BCUT2D eigenvalue weighted by Gasteiger charge is -2.09. The van der Waals surface area contributed by atoms with Gasteiger partial charge in [-0.1, -0.05) is 0 Å². The predicted octanol–water partition coefficient (Wildman–Crippen LogP) is 2.43. The first-order chi connectivity index (χ1) is 5.99. The summed E-state index contributed by atoms with van der Waals surface area (Å²) in [5, 5.41) is 24.8. The Kier molecular flexibility index (Phi) is 4.69. The molecule has 0 spiro atoms. The van der Waals surface area contributed by atoms with Crippen LogP contribution >= 0.6 is 0 Å². The second kappa shape index (κ2) is 5.27. The summed E-state index contributed by atoms with van der Waals surface area (Å²) in [4.78, 5) is 0. The van der Waals surface area contributed by atoms with Crippen molar-refractivity contribution in [2.45, 2.75) is 45.2 Å². The highest BCUT2D eigenvalue weighted by atomic mass is 15.2. The zero-order valence-corrected chi connectivity index (χ0v) is 8.28. The van der Waals surface area contributed by atoms with Crippen molar-refractivity contribution in [1.82, 2.24) is 0 Å². The summed E-state index contributed by atoms with van der Waals surface area (Å²) < 4.78 is 0. The highest BCUT2D eigenvalue weighted by Gasteiger charge is 2.09. The van der Waals surface area contributed by atoms with E-state index in [1.54, 1.807) is 0 Å². The van der Waals surface area contributed by atoms with Gasteiger partial charge in [-0.05, 0) is 27.2 Å². The van der Waals surface area contributed by atoms with Gasteiger partial charge in [0.1, 0.15) is 0 Å². The number of hydrogen-bond donors (Lipinski definition) is 0. The fraction of sp³-hybridized carbons (Fsp3) is 0.778. The second-order valence-electron chi connectivity index (χ2n) is 3.73. The van der Waals surface area contributed by atoms with Crippen molar-refractivity contribution in [2.75, 3.05) is 0 Å². The molecule has 1 unspecified atom stereocenters. The summed E-state index contributed by atoms with van der Waals surface area (Å²) in [7, 11) is 0. The van der Waals surface area contributed by atoms with Crippen molar-refractivity contribution in [2.24, 2.45) is 10.2 Å². The summed E-state index contributed by atoms with van der Waals surface area (Å²) in [6, 6.07) is 3.50. The minimum Gasteiger partial charge on any atom is -0.198 e. The summed E-state index contributed by atoms with van der Waals surface area (Å²) in [5.74, 6) is 0. The van der Waals surface area contributed by atoms with Crippen LogP contribution < -0.4 is 0 Å². The van der Waals surface area contributed by atoms with Gasteiger partial charge in [0.05, 0.1) is 17.7 Å². The molecule has 0 aliphatic carbocycles. The first-order valence-corrected chi connectivity index (χ1v) is 4.18. The Labute approximate surface area is 78.9 Å². The molecular formula is C9H14N4. The normalized spacial score (nSPS) is 13.6. The van der Waals surface area contributed by atoms with E-state index in [0.29, 0.717) is 12.8 Å². The van der Waals surface area contributed by atoms with E-state index in [1.165, 1.54) is 0 Å². The van der Waals surface area contributed by atoms with Crippen LogP contribution in [-0.2, 0) is 0 Å². The van der Waals surface area contributed by atoms with Crippen LogP contribution in [0.1, 0.15) is 33.6 Å². The third-order valence-corrected chi connectivity index (χ3v) is 1.18. The molecule has 0 aliphatic rings. The third-order valence-electron chi connectivity index (χ3n) is 1.18. The van der Waals surface area contributed by atoms with Gasteiger partial charge in [-0.2, -0.15) is 20.8 Å². The van der Waals surface area contributed by atoms with Gasteiger partial charge >= 0.3 is 0 Å². The summed E-state index contributed by atoms with van der Waals surface area (Å²) in [6.45, 7) is 5.74. The minimum atomic E-state index is -0.473. The molecule has 0 saturated carbocycles. The van der Waals surface area contributed by atoms with E-state index < -0.39 is 6.04 Å². The lowest BCUT2D eigenvalue weighted by atomic mass is 10.1. The van der Waals surface area contributed by atoms with Crippen molar-refractivity contribution < 1.29 is 0 Å². The van der Waals surface area contributed by atoms with Crippen molar-refractivity contribution in [3.8, 4) is 12.1 Å². The smallest absolute Gasteiger partial charge is 0.158 e. The molecule has 0 amide bonds. The van der Waals surface area contributed by atoms with Crippen molar-refractivity contribution in [1.29, 1.82) is 10.5 Å². The molecule has 0 aromatic rings. The molecule has 0 bridgehead atoms. The molecule has 4 nitrogen and oxygen atoms in total. The maximum Gasteiger partial charge on any atom is 0.158 e. The lowest BCUT2D eigenvalue weighted by Crippen LogP contribution is -2.10. The van der Waals surface area contributed by atoms with E-state index in [9.17, 15) is 0 Å². The van der Waals surface area contributed by atoms with Gasteiger partial charge in [-0.25, -0.2) is 0 Å². The zero-order chi connectivity index (χ0) is 10.3. The monoisotopic (exact) mass is 178 g/mol. The maximum absolute atomic E-state index is 8.64. The Morgan fingerprint density at radius 2 is 1.92 bits per heavy atom. The van der Waals surface area contributed by atoms with Gasteiger partial charge in [-0.3, -0.25) is 0 Å². The Morgan fingerprint density at radius 1 is 1.31 bits per heavy atom. The Balaban J connectivity index is 4.09. The molecule has 0 aromatic heterocycles. The first kappa shape index (κ1) is 11.6. The zero-order valence-electron chi connectivity index (χ0n) is 8.28. The average Bonchev–Trinajstić information content (AvgIpc) is 2.03. The Bertz CT molecular complexity index is 248. The van der Waals surface area contributed by atoms with E-state index in [4.69, 9.17) is 10.5 Å². The largest absolute Gasteiger partial charge is 0.198 e. The predicted molar refractivity (Wildman–Crippen MR) is 48.9 cm³/mol. The molecule has 0 fully saturated rings. The molecular weight excluding hydrogens is 164 g/mol. The molecule has 0 radical (unpaired) electrons. The van der Waals surface area contributed by atoms with Crippen molar-refractivity contribution >= 4 is 0 Å². The quantitative estimate of drug-likeness (QED) is 0.622. The molecule has 0 aliphatic heterocycles. The number of nitriles is 2. The van der Waals surface area contributed by atoms with Crippen LogP contribution in [0, 0.1) is 22.7 Å². The topological polar surface area (TPSA) is 72.3 Å². The molecule has 4 heteroatoms. The van der Waals surface area contributed by atoms with Gasteiger partial charge in [0.25, 0.3) is 0 Å². The highest BCUT2D eigenvalue weighted by Crippen LogP contribution is 2.10. The minimum absolute atomic E-state index is 0.248. The van der Waals surface area contributed by atoms with Crippen LogP contribution in [0.15, 0.2) is 10.2 Å². The molecule has 0 saturated heterocycles. The average molecular weight is 178 g/mol. The maximum atomic E-state index is 8.64. The molecule has 0 heterocycles. The Hall–Kier alpha value is -1.42. The van der Waals surface area contributed by atoms with Crippen LogP contribution in [0.2, 0.25) is 0 Å².